The molecule has 0 saturated carbocycles. The molecule has 0 heterocycles. The van der Waals surface area contributed by atoms with Gasteiger partial charge in [-0.1, -0.05) is 5.75 Å². The standard InChI is InChI=1S/C8H6ClNO4/c9-3-5-1-7(10(13)14)2-6(4-11)8(5)12/h1-2,4,12H,3H2/p-1. The van der Waals surface area contributed by atoms with Crippen molar-refractivity contribution in [2.24, 2.45) is 0 Å². The summed E-state index contributed by atoms with van der Waals surface area (Å²) in [5.74, 6) is -0.706. The maximum Gasteiger partial charge on any atom is 0.270 e. The van der Waals surface area contributed by atoms with Gasteiger partial charge >= 0.3 is 0 Å². The number of benzene rings is 1. The lowest BCUT2D eigenvalue weighted by Gasteiger charge is -2.13. The van der Waals surface area contributed by atoms with E-state index in [2.05, 4.69) is 0 Å². The van der Waals surface area contributed by atoms with Crippen LogP contribution in [0.2, 0.25) is 0 Å². The van der Waals surface area contributed by atoms with Crippen molar-refractivity contribution in [1.82, 2.24) is 0 Å². The van der Waals surface area contributed by atoms with Crippen LogP contribution in [0.4, 0.5) is 5.69 Å². The molecule has 0 fully saturated rings. The number of nitro benzene ring substituents is 1. The molecule has 0 aliphatic rings. The normalized spacial score (nSPS) is 9.79. The molecule has 0 saturated heterocycles. The van der Waals surface area contributed by atoms with Gasteiger partial charge < -0.3 is 5.11 Å². The lowest BCUT2D eigenvalue weighted by Crippen LogP contribution is -2.02. The van der Waals surface area contributed by atoms with Crippen LogP contribution >= 0.6 is 11.6 Å². The third-order valence-corrected chi connectivity index (χ3v) is 1.95. The summed E-state index contributed by atoms with van der Waals surface area (Å²) in [7, 11) is 0. The first-order valence-electron chi connectivity index (χ1n) is 3.59. The lowest BCUT2D eigenvalue weighted by atomic mass is 10.1. The predicted molar refractivity (Wildman–Crippen MR) is 47.5 cm³/mol. The molecule has 0 unspecified atom stereocenters. The summed E-state index contributed by atoms with van der Waals surface area (Å²) in [6, 6.07) is 2.01. The Balaban J connectivity index is 3.39. The van der Waals surface area contributed by atoms with Crippen molar-refractivity contribution in [2.45, 2.75) is 5.88 Å². The molecule has 0 spiro atoms. The molecule has 5 nitrogen and oxygen atoms in total. The average Bonchev–Trinajstić information content (AvgIpc) is 2.17. The molecule has 0 aliphatic heterocycles. The van der Waals surface area contributed by atoms with Gasteiger partial charge in [0.1, 0.15) is 6.29 Å². The second kappa shape index (κ2) is 4.06. The second-order valence-electron chi connectivity index (χ2n) is 2.53. The van der Waals surface area contributed by atoms with E-state index in [0.717, 1.165) is 12.1 Å². The Morgan fingerprint density at radius 1 is 1.50 bits per heavy atom. The highest BCUT2D eigenvalue weighted by molar-refractivity contribution is 6.17. The molecule has 6 heteroatoms. The van der Waals surface area contributed by atoms with E-state index in [1.165, 1.54) is 0 Å². The first-order chi connectivity index (χ1) is 6.60. The second-order valence-corrected chi connectivity index (χ2v) is 2.80. The zero-order chi connectivity index (χ0) is 10.7. The van der Waals surface area contributed by atoms with Crippen LogP contribution in [-0.4, -0.2) is 11.2 Å². The van der Waals surface area contributed by atoms with E-state index in [1.54, 1.807) is 0 Å². The number of carbonyl (C=O) groups excluding carboxylic acids is 1. The van der Waals surface area contributed by atoms with E-state index >= 15 is 0 Å². The summed E-state index contributed by atoms with van der Waals surface area (Å²) in [6.45, 7) is 0. The van der Waals surface area contributed by atoms with Crippen molar-refractivity contribution in [3.63, 3.8) is 0 Å². The highest BCUT2D eigenvalue weighted by atomic mass is 35.5. The SMILES string of the molecule is O=Cc1cc([N+](=O)[O-])cc(CCl)c1[O-]. The molecule has 0 radical (unpaired) electrons. The first-order valence-corrected chi connectivity index (χ1v) is 4.13. The van der Waals surface area contributed by atoms with E-state index < -0.39 is 10.7 Å². The highest BCUT2D eigenvalue weighted by Gasteiger charge is 2.10. The van der Waals surface area contributed by atoms with Crippen LogP contribution < -0.4 is 5.11 Å². The van der Waals surface area contributed by atoms with Gasteiger partial charge in [0.05, 0.1) is 4.92 Å². The number of rotatable bonds is 3. The maximum absolute atomic E-state index is 11.3. The van der Waals surface area contributed by atoms with Gasteiger partial charge in [-0.3, -0.25) is 14.9 Å². The van der Waals surface area contributed by atoms with Crippen LogP contribution in [0.25, 0.3) is 0 Å². The predicted octanol–water partition coefficient (Wildman–Crippen LogP) is 1.22. The number of carbonyl (C=O) groups is 1. The molecule has 1 aromatic rings. The Kier molecular flexibility index (Phi) is 3.03. The summed E-state index contributed by atoms with van der Waals surface area (Å²) < 4.78 is 0. The zero-order valence-corrected chi connectivity index (χ0v) is 7.65. The molecule has 0 aliphatic carbocycles. The van der Waals surface area contributed by atoms with Crippen LogP contribution in [0, 0.1) is 10.1 Å². The number of alkyl halides is 1. The van der Waals surface area contributed by atoms with Crippen LogP contribution in [0.3, 0.4) is 0 Å². The van der Waals surface area contributed by atoms with Crippen molar-refractivity contribution in [3.8, 4) is 5.75 Å². The minimum atomic E-state index is -0.678. The molecule has 1 aromatic carbocycles. The van der Waals surface area contributed by atoms with Crippen LogP contribution in [0.5, 0.6) is 5.75 Å². The minimum absolute atomic E-state index is 0.0583. The van der Waals surface area contributed by atoms with Crippen LogP contribution in [0.15, 0.2) is 12.1 Å². The number of nitrogens with zero attached hydrogens (tertiary/aromatic N) is 1. The zero-order valence-electron chi connectivity index (χ0n) is 6.90. The molecular formula is C8H5ClNO4-. The van der Waals surface area contributed by atoms with E-state index in [1.807, 2.05) is 0 Å². The largest absolute Gasteiger partial charge is 0.872 e. The Morgan fingerprint density at radius 2 is 2.14 bits per heavy atom. The number of non-ortho nitro benzene ring substituents is 1. The number of nitro groups is 1. The third kappa shape index (κ3) is 1.82. The smallest absolute Gasteiger partial charge is 0.270 e. The van der Waals surface area contributed by atoms with Crippen LogP contribution in [-0.2, 0) is 5.88 Å². The van der Waals surface area contributed by atoms with Gasteiger partial charge in [-0.15, -0.1) is 11.6 Å². The van der Waals surface area contributed by atoms with E-state index in [4.69, 9.17) is 11.6 Å². The molecule has 0 N–H and O–H groups in total. The number of aldehydes is 1. The van der Waals surface area contributed by atoms with E-state index in [9.17, 15) is 20.0 Å². The summed E-state index contributed by atoms with van der Waals surface area (Å²) in [6.07, 6.45) is 0.283. The molecule has 0 amide bonds. The summed E-state index contributed by atoms with van der Waals surface area (Å²) in [5, 5.41) is 21.7. The fraction of sp³-hybridized carbons (Fsp3) is 0.125. The van der Waals surface area contributed by atoms with Crippen LogP contribution in [0.1, 0.15) is 15.9 Å². The number of hydrogen-bond acceptors (Lipinski definition) is 4. The van der Waals surface area contributed by atoms with Crippen molar-refractivity contribution in [3.05, 3.63) is 33.4 Å². The first kappa shape index (κ1) is 10.5. The molecule has 0 bridgehead atoms. The number of halogens is 1. The summed E-state index contributed by atoms with van der Waals surface area (Å²) >= 11 is 5.40. The maximum atomic E-state index is 11.3. The molecule has 0 aromatic heterocycles. The molecule has 74 valence electrons. The Labute approximate surface area is 84.1 Å². The van der Waals surface area contributed by atoms with Gasteiger partial charge in [-0.2, -0.15) is 0 Å². The Morgan fingerprint density at radius 3 is 2.57 bits per heavy atom. The monoisotopic (exact) mass is 214 g/mol. The van der Waals surface area contributed by atoms with Gasteiger partial charge in [0, 0.05) is 23.6 Å². The lowest BCUT2D eigenvalue weighted by molar-refractivity contribution is -0.385. The van der Waals surface area contributed by atoms with Crippen molar-refractivity contribution >= 4 is 23.6 Å². The summed E-state index contributed by atoms with van der Waals surface area (Å²) in [4.78, 5) is 20.1. The minimum Gasteiger partial charge on any atom is -0.872 e. The van der Waals surface area contributed by atoms with Gasteiger partial charge in [0.25, 0.3) is 5.69 Å². The molecule has 0 atom stereocenters. The fourth-order valence-electron chi connectivity index (χ4n) is 0.988. The van der Waals surface area contributed by atoms with Crippen molar-refractivity contribution in [1.29, 1.82) is 0 Å². The Bertz CT molecular complexity index is 391. The van der Waals surface area contributed by atoms with Crippen molar-refractivity contribution in [2.75, 3.05) is 0 Å². The average molecular weight is 215 g/mol. The van der Waals surface area contributed by atoms with Gasteiger partial charge in [0.15, 0.2) is 0 Å². The quantitative estimate of drug-likeness (QED) is 0.328. The van der Waals surface area contributed by atoms with E-state index in [0.29, 0.717) is 0 Å². The van der Waals surface area contributed by atoms with E-state index in [-0.39, 0.29) is 29.0 Å². The summed E-state index contributed by atoms with van der Waals surface area (Å²) in [5.41, 5.74) is -0.486. The Hall–Kier alpha value is -1.62. The molecular weight excluding hydrogens is 210 g/mol. The third-order valence-electron chi connectivity index (χ3n) is 1.66. The molecule has 14 heavy (non-hydrogen) atoms. The fourth-order valence-corrected chi connectivity index (χ4v) is 1.19. The topological polar surface area (TPSA) is 83.3 Å². The van der Waals surface area contributed by atoms with Gasteiger partial charge in [-0.05, 0) is 5.56 Å². The van der Waals surface area contributed by atoms with Gasteiger partial charge in [0.2, 0.25) is 0 Å². The molecule has 1 rings (SSSR count). The number of hydrogen-bond donors (Lipinski definition) is 0. The van der Waals surface area contributed by atoms with Crippen molar-refractivity contribution < 1.29 is 14.8 Å². The van der Waals surface area contributed by atoms with Gasteiger partial charge in [-0.25, -0.2) is 0 Å². The highest BCUT2D eigenvalue weighted by Crippen LogP contribution is 2.26.